The summed E-state index contributed by atoms with van der Waals surface area (Å²) in [4.78, 5) is 12.9. The number of aliphatic hydroxyl groups is 1. The molecule has 1 rings (SSSR count). The summed E-state index contributed by atoms with van der Waals surface area (Å²) in [6.45, 7) is 1.78. The van der Waals surface area contributed by atoms with Gasteiger partial charge in [0.05, 0.1) is 7.11 Å². The molecule has 1 aromatic carbocycles. The number of rotatable bonds is 8. The van der Waals surface area contributed by atoms with E-state index in [1.165, 1.54) is 6.92 Å². The number of carboxylic acids is 1. The first-order valence-electron chi connectivity index (χ1n) is 6.75. The Kier molecular flexibility index (Phi) is 6.14. The lowest BCUT2D eigenvalue weighted by Gasteiger charge is -2.27. The van der Waals surface area contributed by atoms with E-state index in [1.807, 2.05) is 43.3 Å². The molecule has 0 saturated heterocycles. The zero-order chi connectivity index (χ0) is 16.0. The van der Waals surface area contributed by atoms with Gasteiger partial charge in [0.1, 0.15) is 5.75 Å². The van der Waals surface area contributed by atoms with Gasteiger partial charge >= 0.3 is 5.97 Å². The summed E-state index contributed by atoms with van der Waals surface area (Å²) in [5, 5.41) is 21.6. The number of aliphatic carboxylic acids is 1. The molecule has 3 N–H and O–H groups in total. The lowest BCUT2D eigenvalue weighted by Crippen LogP contribution is -2.46. The minimum Gasteiger partial charge on any atom is -0.497 e. The summed E-state index contributed by atoms with van der Waals surface area (Å²) < 4.78 is 5.22. The van der Waals surface area contributed by atoms with Crippen molar-refractivity contribution in [1.29, 1.82) is 0 Å². The van der Waals surface area contributed by atoms with E-state index < -0.39 is 11.6 Å². The van der Waals surface area contributed by atoms with Crippen molar-refractivity contribution in [3.05, 3.63) is 29.8 Å². The summed E-state index contributed by atoms with van der Waals surface area (Å²) in [5.41, 5.74) is -0.715. The number of carboxylic acid groups (broad SMARTS) is 1. The van der Waals surface area contributed by atoms with Crippen LogP contribution in [0.4, 0.5) is 0 Å². The SMILES string of the molecule is COc1cccc(C(CNCC(C)(O)C(=O)O)N(C)C)c1. The molecular formula is C15H24N2O4. The third-order valence-corrected chi connectivity index (χ3v) is 3.37. The normalized spacial score (nSPS) is 15.5. The number of nitrogens with zero attached hydrogens (tertiary/aromatic N) is 1. The molecule has 0 heterocycles. The number of nitrogens with one attached hydrogen (secondary N) is 1. The van der Waals surface area contributed by atoms with E-state index in [1.54, 1.807) is 7.11 Å². The predicted molar refractivity (Wildman–Crippen MR) is 80.6 cm³/mol. The van der Waals surface area contributed by atoms with E-state index >= 15 is 0 Å². The van der Waals surface area contributed by atoms with E-state index in [9.17, 15) is 9.90 Å². The molecule has 0 bridgehead atoms. The molecule has 118 valence electrons. The molecule has 2 unspecified atom stereocenters. The lowest BCUT2D eigenvalue weighted by atomic mass is 10.0. The van der Waals surface area contributed by atoms with Gasteiger partial charge in [-0.05, 0) is 38.7 Å². The van der Waals surface area contributed by atoms with Crippen LogP contribution in [0.25, 0.3) is 0 Å². The van der Waals surface area contributed by atoms with Crippen LogP contribution in [-0.2, 0) is 4.79 Å². The topological polar surface area (TPSA) is 82.0 Å². The van der Waals surface area contributed by atoms with Crippen LogP contribution in [0.15, 0.2) is 24.3 Å². The van der Waals surface area contributed by atoms with E-state index in [4.69, 9.17) is 9.84 Å². The van der Waals surface area contributed by atoms with Crippen LogP contribution in [0.5, 0.6) is 5.75 Å². The van der Waals surface area contributed by atoms with Crippen LogP contribution in [-0.4, -0.2) is 61.0 Å². The highest BCUT2D eigenvalue weighted by Crippen LogP contribution is 2.22. The van der Waals surface area contributed by atoms with Crippen LogP contribution in [0.3, 0.4) is 0 Å². The van der Waals surface area contributed by atoms with Crippen LogP contribution in [0, 0.1) is 0 Å². The largest absolute Gasteiger partial charge is 0.497 e. The zero-order valence-electron chi connectivity index (χ0n) is 13.0. The number of methoxy groups -OCH3 is 1. The number of hydrogen-bond acceptors (Lipinski definition) is 5. The van der Waals surface area contributed by atoms with Crippen molar-refractivity contribution in [2.45, 2.75) is 18.6 Å². The summed E-state index contributed by atoms with van der Waals surface area (Å²) in [6, 6.07) is 7.77. The van der Waals surface area contributed by atoms with Crippen molar-refractivity contribution in [1.82, 2.24) is 10.2 Å². The van der Waals surface area contributed by atoms with Gasteiger partial charge in [-0.25, -0.2) is 4.79 Å². The van der Waals surface area contributed by atoms with Gasteiger partial charge in [-0.1, -0.05) is 12.1 Å². The van der Waals surface area contributed by atoms with Crippen molar-refractivity contribution in [2.24, 2.45) is 0 Å². The fraction of sp³-hybridized carbons (Fsp3) is 0.533. The van der Waals surface area contributed by atoms with Gasteiger partial charge in [0.15, 0.2) is 5.60 Å². The van der Waals surface area contributed by atoms with Crippen LogP contribution >= 0.6 is 0 Å². The van der Waals surface area contributed by atoms with Crippen molar-refractivity contribution < 1.29 is 19.7 Å². The highest BCUT2D eigenvalue weighted by atomic mass is 16.5. The minimum atomic E-state index is -1.77. The molecular weight excluding hydrogens is 272 g/mol. The Balaban J connectivity index is 2.72. The van der Waals surface area contributed by atoms with Crippen molar-refractivity contribution in [3.8, 4) is 5.75 Å². The third kappa shape index (κ3) is 5.00. The fourth-order valence-corrected chi connectivity index (χ4v) is 1.98. The highest BCUT2D eigenvalue weighted by molar-refractivity contribution is 5.76. The molecule has 0 aliphatic carbocycles. The molecule has 2 atom stereocenters. The molecule has 1 aromatic rings. The third-order valence-electron chi connectivity index (χ3n) is 3.37. The summed E-state index contributed by atoms with van der Waals surface area (Å²) in [5.74, 6) is -0.463. The van der Waals surface area contributed by atoms with Crippen LogP contribution < -0.4 is 10.1 Å². The molecule has 0 aliphatic rings. The Morgan fingerprint density at radius 1 is 1.48 bits per heavy atom. The predicted octanol–water partition coefficient (Wildman–Crippen LogP) is 0.723. The van der Waals surface area contributed by atoms with Gasteiger partial charge in [0.25, 0.3) is 0 Å². The van der Waals surface area contributed by atoms with Gasteiger partial charge in [-0.15, -0.1) is 0 Å². The van der Waals surface area contributed by atoms with Crippen molar-refractivity contribution >= 4 is 5.97 Å². The zero-order valence-corrected chi connectivity index (χ0v) is 13.0. The number of ether oxygens (including phenoxy) is 1. The average molecular weight is 296 g/mol. The number of likely N-dealkylation sites (N-methyl/N-ethyl adjacent to an activating group) is 1. The van der Waals surface area contributed by atoms with Gasteiger partial charge in [0, 0.05) is 19.1 Å². The Morgan fingerprint density at radius 2 is 2.14 bits per heavy atom. The highest BCUT2D eigenvalue weighted by Gasteiger charge is 2.29. The fourth-order valence-electron chi connectivity index (χ4n) is 1.98. The molecule has 6 nitrogen and oxygen atoms in total. The van der Waals surface area contributed by atoms with Crippen molar-refractivity contribution in [3.63, 3.8) is 0 Å². The Hall–Kier alpha value is -1.63. The molecule has 0 saturated carbocycles. The molecule has 0 amide bonds. The Labute approximate surface area is 125 Å². The standard InChI is InChI=1S/C15H24N2O4/c1-15(20,14(18)19)10-16-9-13(17(2)3)11-6-5-7-12(8-11)21-4/h5-8,13,16,20H,9-10H2,1-4H3,(H,18,19). The molecule has 0 aliphatic heterocycles. The first-order chi connectivity index (χ1) is 9.77. The minimum absolute atomic E-state index is 0.0172. The maximum absolute atomic E-state index is 10.9. The first-order valence-corrected chi connectivity index (χ1v) is 6.75. The summed E-state index contributed by atoms with van der Waals surface area (Å²) in [7, 11) is 5.51. The van der Waals surface area contributed by atoms with Crippen LogP contribution in [0.1, 0.15) is 18.5 Å². The second-order valence-electron chi connectivity index (χ2n) is 5.47. The molecule has 0 fully saturated rings. The second-order valence-corrected chi connectivity index (χ2v) is 5.47. The Bertz CT molecular complexity index is 474. The monoisotopic (exact) mass is 296 g/mol. The average Bonchev–Trinajstić information content (AvgIpc) is 2.43. The molecule has 21 heavy (non-hydrogen) atoms. The number of carbonyl (C=O) groups is 1. The lowest BCUT2D eigenvalue weighted by molar-refractivity contribution is -0.156. The smallest absolute Gasteiger partial charge is 0.336 e. The number of hydrogen-bond donors (Lipinski definition) is 3. The van der Waals surface area contributed by atoms with Crippen LogP contribution in [0.2, 0.25) is 0 Å². The van der Waals surface area contributed by atoms with Crippen molar-refractivity contribution in [2.75, 3.05) is 34.3 Å². The molecule has 0 aromatic heterocycles. The maximum Gasteiger partial charge on any atom is 0.336 e. The van der Waals surface area contributed by atoms with E-state index in [0.29, 0.717) is 6.54 Å². The first kappa shape index (κ1) is 17.4. The van der Waals surface area contributed by atoms with Gasteiger partial charge in [-0.2, -0.15) is 0 Å². The Morgan fingerprint density at radius 3 is 2.67 bits per heavy atom. The molecule has 6 heteroatoms. The summed E-state index contributed by atoms with van der Waals surface area (Å²) in [6.07, 6.45) is 0. The maximum atomic E-state index is 10.9. The van der Waals surface area contributed by atoms with Gasteiger partial charge in [-0.3, -0.25) is 0 Å². The van der Waals surface area contributed by atoms with E-state index in [2.05, 4.69) is 5.32 Å². The second kappa shape index (κ2) is 7.40. The van der Waals surface area contributed by atoms with Gasteiger partial charge < -0.3 is 25.2 Å². The molecule has 0 spiro atoms. The van der Waals surface area contributed by atoms with E-state index in [-0.39, 0.29) is 12.6 Å². The summed E-state index contributed by atoms with van der Waals surface area (Å²) >= 11 is 0. The quantitative estimate of drug-likeness (QED) is 0.656. The van der Waals surface area contributed by atoms with E-state index in [0.717, 1.165) is 11.3 Å². The number of benzene rings is 1. The van der Waals surface area contributed by atoms with Gasteiger partial charge in [0.2, 0.25) is 0 Å². The molecule has 0 radical (unpaired) electrons.